The van der Waals surface area contributed by atoms with Gasteiger partial charge in [-0.1, -0.05) is 12.1 Å². The molecule has 2 aromatic rings. The highest BCUT2D eigenvalue weighted by Crippen LogP contribution is 2.26. The molecule has 2 nitrogen and oxygen atoms in total. The molecular formula is C18H19FN2. The number of anilines is 1. The van der Waals surface area contributed by atoms with Gasteiger partial charge in [-0.05, 0) is 68.1 Å². The van der Waals surface area contributed by atoms with E-state index in [2.05, 4.69) is 38.2 Å². The Hall–Kier alpha value is -2.34. The Morgan fingerprint density at radius 3 is 2.33 bits per heavy atom. The zero-order chi connectivity index (χ0) is 15.6. The summed E-state index contributed by atoms with van der Waals surface area (Å²) in [5.41, 5.74) is 5.57. The van der Waals surface area contributed by atoms with Gasteiger partial charge in [0.15, 0.2) is 0 Å². The maximum absolute atomic E-state index is 13.9. The molecule has 108 valence electrons. The van der Waals surface area contributed by atoms with Gasteiger partial charge in [-0.25, -0.2) is 4.39 Å². The Kier molecular flexibility index (Phi) is 4.28. The number of hydrogen-bond acceptors (Lipinski definition) is 2. The van der Waals surface area contributed by atoms with E-state index in [1.54, 1.807) is 12.1 Å². The Morgan fingerprint density at radius 1 is 1.05 bits per heavy atom. The quantitative estimate of drug-likeness (QED) is 0.878. The van der Waals surface area contributed by atoms with Crippen molar-refractivity contribution in [3.63, 3.8) is 0 Å². The van der Waals surface area contributed by atoms with E-state index in [1.165, 1.54) is 22.8 Å². The lowest BCUT2D eigenvalue weighted by Gasteiger charge is -2.20. The highest BCUT2D eigenvalue weighted by Gasteiger charge is 2.12. The first-order valence-corrected chi connectivity index (χ1v) is 6.96. The second-order valence-electron chi connectivity index (χ2n) is 5.47. The van der Waals surface area contributed by atoms with E-state index >= 15 is 0 Å². The van der Waals surface area contributed by atoms with Gasteiger partial charge in [0, 0.05) is 6.04 Å². The molecule has 0 aliphatic carbocycles. The number of hydrogen-bond donors (Lipinski definition) is 1. The maximum Gasteiger partial charge on any atom is 0.147 e. The van der Waals surface area contributed by atoms with E-state index < -0.39 is 5.82 Å². The van der Waals surface area contributed by atoms with Crippen LogP contribution in [0.2, 0.25) is 0 Å². The number of nitrogens with zero attached hydrogens (tertiary/aromatic N) is 1. The number of aryl methyl sites for hydroxylation is 3. The highest BCUT2D eigenvalue weighted by atomic mass is 19.1. The molecule has 1 atom stereocenters. The minimum atomic E-state index is -0.401. The van der Waals surface area contributed by atoms with Gasteiger partial charge < -0.3 is 5.32 Å². The fraction of sp³-hybridized carbons (Fsp3) is 0.278. The average Bonchev–Trinajstić information content (AvgIpc) is 2.44. The summed E-state index contributed by atoms with van der Waals surface area (Å²) in [4.78, 5) is 0. The van der Waals surface area contributed by atoms with E-state index in [1.807, 2.05) is 13.0 Å². The Balaban J connectivity index is 2.28. The first kappa shape index (κ1) is 15.1. The molecule has 0 heterocycles. The van der Waals surface area contributed by atoms with Crippen molar-refractivity contribution in [3.05, 3.63) is 64.0 Å². The van der Waals surface area contributed by atoms with E-state index in [-0.39, 0.29) is 6.04 Å². The Bertz CT molecular complexity index is 714. The summed E-state index contributed by atoms with van der Waals surface area (Å²) in [6.45, 7) is 8.24. The summed E-state index contributed by atoms with van der Waals surface area (Å²) in [6.07, 6.45) is 0. The van der Waals surface area contributed by atoms with Crippen molar-refractivity contribution >= 4 is 5.69 Å². The predicted octanol–water partition coefficient (Wildman–Crippen LogP) is 4.80. The van der Waals surface area contributed by atoms with Gasteiger partial charge >= 0.3 is 0 Å². The summed E-state index contributed by atoms with van der Waals surface area (Å²) in [5.74, 6) is -0.401. The molecule has 0 bridgehead atoms. The Morgan fingerprint density at radius 2 is 1.71 bits per heavy atom. The van der Waals surface area contributed by atoms with Gasteiger partial charge in [0.1, 0.15) is 5.82 Å². The highest BCUT2D eigenvalue weighted by molar-refractivity contribution is 5.51. The molecule has 0 aromatic heterocycles. The molecule has 0 radical (unpaired) electrons. The first-order valence-electron chi connectivity index (χ1n) is 6.96. The van der Waals surface area contributed by atoms with Crippen LogP contribution in [0.15, 0.2) is 30.3 Å². The second kappa shape index (κ2) is 5.97. The molecule has 0 aliphatic heterocycles. The molecule has 0 spiro atoms. The van der Waals surface area contributed by atoms with Crippen molar-refractivity contribution in [2.45, 2.75) is 33.7 Å². The van der Waals surface area contributed by atoms with Gasteiger partial charge in [0.05, 0.1) is 17.3 Å². The average molecular weight is 282 g/mol. The number of nitriles is 1. The summed E-state index contributed by atoms with van der Waals surface area (Å²) in [7, 11) is 0. The monoisotopic (exact) mass is 282 g/mol. The summed E-state index contributed by atoms with van der Waals surface area (Å²) in [6, 6.07) is 10.7. The van der Waals surface area contributed by atoms with Crippen LogP contribution in [0.25, 0.3) is 0 Å². The molecule has 0 saturated carbocycles. The minimum absolute atomic E-state index is 0.00765. The van der Waals surface area contributed by atoms with Crippen LogP contribution in [0.1, 0.15) is 40.8 Å². The molecule has 0 fully saturated rings. The number of nitrogens with one attached hydrogen (secondary N) is 1. The van der Waals surface area contributed by atoms with E-state index in [0.717, 1.165) is 5.56 Å². The van der Waals surface area contributed by atoms with E-state index in [9.17, 15) is 4.39 Å². The molecule has 3 heteroatoms. The lowest BCUT2D eigenvalue weighted by atomic mass is 9.96. The lowest BCUT2D eigenvalue weighted by Crippen LogP contribution is -2.10. The van der Waals surface area contributed by atoms with Crippen molar-refractivity contribution in [1.82, 2.24) is 0 Å². The van der Waals surface area contributed by atoms with Crippen molar-refractivity contribution in [2.75, 3.05) is 5.32 Å². The summed E-state index contributed by atoms with van der Waals surface area (Å²) >= 11 is 0. The SMILES string of the molecule is Cc1cc(C)c(C(C)Nc2ccc(C#N)cc2F)cc1C. The topological polar surface area (TPSA) is 35.8 Å². The molecule has 0 saturated heterocycles. The third-order valence-corrected chi connectivity index (χ3v) is 3.82. The molecular weight excluding hydrogens is 263 g/mol. The molecule has 1 N–H and O–H groups in total. The zero-order valence-corrected chi connectivity index (χ0v) is 12.8. The molecule has 21 heavy (non-hydrogen) atoms. The van der Waals surface area contributed by atoms with Gasteiger partial charge in [-0.3, -0.25) is 0 Å². The molecule has 2 aromatic carbocycles. The number of rotatable bonds is 3. The van der Waals surface area contributed by atoms with Gasteiger partial charge in [0.25, 0.3) is 0 Å². The van der Waals surface area contributed by atoms with Crippen molar-refractivity contribution < 1.29 is 4.39 Å². The van der Waals surface area contributed by atoms with Crippen LogP contribution in [0.4, 0.5) is 10.1 Å². The van der Waals surface area contributed by atoms with E-state index in [0.29, 0.717) is 11.3 Å². The minimum Gasteiger partial charge on any atom is -0.376 e. The standard InChI is InChI=1S/C18H19FN2/c1-11-7-13(3)16(8-12(11)2)14(4)21-18-6-5-15(10-20)9-17(18)19/h5-9,14,21H,1-4H3. The maximum atomic E-state index is 13.9. The number of benzene rings is 2. The van der Waals surface area contributed by atoms with Crippen LogP contribution >= 0.6 is 0 Å². The molecule has 0 aliphatic rings. The van der Waals surface area contributed by atoms with Crippen molar-refractivity contribution in [1.29, 1.82) is 5.26 Å². The number of halogens is 1. The van der Waals surface area contributed by atoms with Gasteiger partial charge in [-0.2, -0.15) is 5.26 Å². The predicted molar refractivity (Wildman–Crippen MR) is 83.8 cm³/mol. The smallest absolute Gasteiger partial charge is 0.147 e. The largest absolute Gasteiger partial charge is 0.376 e. The zero-order valence-electron chi connectivity index (χ0n) is 12.8. The third-order valence-electron chi connectivity index (χ3n) is 3.82. The summed E-state index contributed by atoms with van der Waals surface area (Å²) in [5, 5.41) is 11.9. The van der Waals surface area contributed by atoms with Crippen molar-refractivity contribution in [3.8, 4) is 6.07 Å². The van der Waals surface area contributed by atoms with E-state index in [4.69, 9.17) is 5.26 Å². The van der Waals surface area contributed by atoms with Crippen LogP contribution in [-0.4, -0.2) is 0 Å². The fourth-order valence-electron chi connectivity index (χ4n) is 2.46. The molecule has 2 rings (SSSR count). The first-order chi connectivity index (χ1) is 9.92. The summed E-state index contributed by atoms with van der Waals surface area (Å²) < 4.78 is 13.9. The third kappa shape index (κ3) is 3.22. The van der Waals surface area contributed by atoms with Crippen LogP contribution in [-0.2, 0) is 0 Å². The normalized spacial score (nSPS) is 11.8. The fourth-order valence-corrected chi connectivity index (χ4v) is 2.46. The van der Waals surface area contributed by atoms with Gasteiger partial charge in [-0.15, -0.1) is 0 Å². The van der Waals surface area contributed by atoms with Crippen LogP contribution in [0.5, 0.6) is 0 Å². The van der Waals surface area contributed by atoms with Crippen molar-refractivity contribution in [2.24, 2.45) is 0 Å². The van der Waals surface area contributed by atoms with Crippen LogP contribution in [0.3, 0.4) is 0 Å². The molecule has 0 amide bonds. The Labute approximate surface area is 125 Å². The lowest BCUT2D eigenvalue weighted by molar-refractivity contribution is 0.627. The van der Waals surface area contributed by atoms with Crippen LogP contribution in [0, 0.1) is 37.9 Å². The molecule has 1 unspecified atom stereocenters. The van der Waals surface area contributed by atoms with Crippen LogP contribution < -0.4 is 5.32 Å². The second-order valence-corrected chi connectivity index (χ2v) is 5.47. The van der Waals surface area contributed by atoms with Gasteiger partial charge in [0.2, 0.25) is 0 Å².